The molecule has 3 heterocycles. The van der Waals surface area contributed by atoms with E-state index < -0.39 is 0 Å². The van der Waals surface area contributed by atoms with Crippen LogP contribution in [0.25, 0.3) is 28.3 Å². The van der Waals surface area contributed by atoms with Gasteiger partial charge in [0.15, 0.2) is 5.82 Å². The van der Waals surface area contributed by atoms with Gasteiger partial charge in [0.05, 0.1) is 0 Å². The summed E-state index contributed by atoms with van der Waals surface area (Å²) in [5.41, 5.74) is 5.21. The van der Waals surface area contributed by atoms with E-state index in [-0.39, 0.29) is 0 Å². The van der Waals surface area contributed by atoms with Gasteiger partial charge in [-0.25, -0.2) is 15.1 Å². The smallest absolute Gasteiger partial charge is 0.235 e. The molecule has 1 N–H and O–H groups in total. The van der Waals surface area contributed by atoms with Crippen LogP contribution >= 0.6 is 0 Å². The first kappa shape index (κ1) is 18.0. The van der Waals surface area contributed by atoms with Crippen LogP contribution in [0.1, 0.15) is 12.6 Å². The standard InChI is InChI=1S/C22H20N8/c1-3-16-14-20(30-13-12-23-22(30)24-16)29(2)17-10-8-15(9-11-17)18-6-4-5-7-19(18)21-25-27-28-26-21/h4-14H,3H2,1-2H3,(H,25,26,27,28). The molecule has 5 rings (SSSR count). The highest BCUT2D eigenvalue weighted by atomic mass is 15.5. The van der Waals surface area contributed by atoms with Gasteiger partial charge in [-0.3, -0.25) is 4.40 Å². The number of fused-ring (bicyclic) bond motifs is 1. The summed E-state index contributed by atoms with van der Waals surface area (Å²) in [4.78, 5) is 11.1. The molecule has 0 bridgehead atoms. The van der Waals surface area contributed by atoms with Crippen molar-refractivity contribution in [2.45, 2.75) is 13.3 Å². The lowest BCUT2D eigenvalue weighted by molar-refractivity contribution is 0.881. The Balaban J connectivity index is 1.52. The van der Waals surface area contributed by atoms with Gasteiger partial charge in [0.2, 0.25) is 5.78 Å². The molecule has 148 valence electrons. The third-order valence-electron chi connectivity index (χ3n) is 5.21. The second-order valence-electron chi connectivity index (χ2n) is 6.96. The minimum atomic E-state index is 0.651. The Bertz CT molecular complexity index is 1290. The number of imidazole rings is 1. The van der Waals surface area contributed by atoms with Crippen LogP contribution in [-0.2, 0) is 6.42 Å². The lowest BCUT2D eigenvalue weighted by Crippen LogP contribution is -2.14. The van der Waals surface area contributed by atoms with Crippen molar-refractivity contribution in [1.29, 1.82) is 0 Å². The molecule has 0 atom stereocenters. The number of rotatable bonds is 5. The lowest BCUT2D eigenvalue weighted by Gasteiger charge is -2.21. The fraction of sp³-hybridized carbons (Fsp3) is 0.136. The van der Waals surface area contributed by atoms with Crippen LogP contribution in [0.2, 0.25) is 0 Å². The number of H-pyrrole nitrogens is 1. The molecule has 0 saturated carbocycles. The number of tetrazole rings is 1. The fourth-order valence-electron chi connectivity index (χ4n) is 3.59. The molecule has 30 heavy (non-hydrogen) atoms. The summed E-state index contributed by atoms with van der Waals surface area (Å²) in [6.07, 6.45) is 4.57. The summed E-state index contributed by atoms with van der Waals surface area (Å²) in [7, 11) is 2.05. The van der Waals surface area contributed by atoms with Gasteiger partial charge in [-0.15, -0.1) is 5.10 Å². The molecule has 0 aliphatic carbocycles. The van der Waals surface area contributed by atoms with E-state index in [2.05, 4.69) is 85.9 Å². The predicted molar refractivity (Wildman–Crippen MR) is 115 cm³/mol. The van der Waals surface area contributed by atoms with Crippen molar-refractivity contribution in [2.24, 2.45) is 0 Å². The molecule has 0 spiro atoms. The number of aromatic nitrogens is 7. The summed E-state index contributed by atoms with van der Waals surface area (Å²) in [6.45, 7) is 2.10. The molecule has 3 aromatic heterocycles. The van der Waals surface area contributed by atoms with Crippen LogP contribution in [-0.4, -0.2) is 42.0 Å². The molecular weight excluding hydrogens is 376 g/mol. The van der Waals surface area contributed by atoms with E-state index in [0.717, 1.165) is 40.3 Å². The Morgan fingerprint density at radius 2 is 1.83 bits per heavy atom. The van der Waals surface area contributed by atoms with Crippen LogP contribution in [0, 0.1) is 0 Å². The van der Waals surface area contributed by atoms with Gasteiger partial charge >= 0.3 is 0 Å². The maximum Gasteiger partial charge on any atom is 0.235 e. The summed E-state index contributed by atoms with van der Waals surface area (Å²) in [6, 6.07) is 18.6. The lowest BCUT2D eigenvalue weighted by atomic mass is 9.99. The van der Waals surface area contributed by atoms with Gasteiger partial charge in [-0.2, -0.15) is 0 Å². The first-order valence-electron chi connectivity index (χ1n) is 9.75. The summed E-state index contributed by atoms with van der Waals surface area (Å²) >= 11 is 0. The van der Waals surface area contributed by atoms with Crippen molar-refractivity contribution < 1.29 is 0 Å². The van der Waals surface area contributed by atoms with Gasteiger partial charge in [0.25, 0.3) is 0 Å². The van der Waals surface area contributed by atoms with Crippen molar-refractivity contribution >= 4 is 17.3 Å². The van der Waals surface area contributed by atoms with Crippen LogP contribution in [0.5, 0.6) is 0 Å². The number of hydrogen-bond acceptors (Lipinski definition) is 6. The van der Waals surface area contributed by atoms with Gasteiger partial charge < -0.3 is 4.90 Å². The van der Waals surface area contributed by atoms with E-state index in [1.807, 2.05) is 28.8 Å². The molecule has 8 heteroatoms. The highest BCUT2D eigenvalue weighted by Gasteiger charge is 2.13. The Hall–Kier alpha value is -4.07. The van der Waals surface area contributed by atoms with Gasteiger partial charge in [-0.1, -0.05) is 43.3 Å². The predicted octanol–water partition coefficient (Wildman–Crippen LogP) is 3.91. The number of nitrogens with zero attached hydrogens (tertiary/aromatic N) is 7. The van der Waals surface area contributed by atoms with E-state index in [1.54, 1.807) is 6.20 Å². The zero-order chi connectivity index (χ0) is 20.5. The maximum absolute atomic E-state index is 4.58. The number of aryl methyl sites for hydroxylation is 1. The molecule has 0 saturated heterocycles. The number of anilines is 2. The number of aromatic amines is 1. The van der Waals surface area contributed by atoms with E-state index in [0.29, 0.717) is 11.6 Å². The van der Waals surface area contributed by atoms with Crippen LogP contribution < -0.4 is 4.90 Å². The molecule has 0 amide bonds. The molecule has 0 unspecified atom stereocenters. The molecule has 0 fully saturated rings. The second kappa shape index (κ2) is 7.40. The number of nitrogens with one attached hydrogen (secondary N) is 1. The quantitative estimate of drug-likeness (QED) is 0.485. The number of hydrogen-bond donors (Lipinski definition) is 1. The van der Waals surface area contributed by atoms with Crippen molar-refractivity contribution in [3.8, 4) is 22.5 Å². The van der Waals surface area contributed by atoms with Crippen LogP contribution in [0.15, 0.2) is 67.0 Å². The Morgan fingerprint density at radius 3 is 2.57 bits per heavy atom. The van der Waals surface area contributed by atoms with E-state index in [1.165, 1.54) is 0 Å². The third kappa shape index (κ3) is 3.08. The first-order chi connectivity index (χ1) is 14.7. The molecule has 0 radical (unpaired) electrons. The van der Waals surface area contributed by atoms with Gasteiger partial charge in [-0.05, 0) is 40.1 Å². The summed E-state index contributed by atoms with van der Waals surface area (Å²) in [5.74, 6) is 2.39. The van der Waals surface area contributed by atoms with Gasteiger partial charge in [0.1, 0.15) is 5.82 Å². The minimum absolute atomic E-state index is 0.651. The molecule has 0 aliphatic heterocycles. The Labute approximate surface area is 173 Å². The zero-order valence-electron chi connectivity index (χ0n) is 16.7. The molecule has 8 nitrogen and oxygen atoms in total. The normalized spacial score (nSPS) is 11.1. The SMILES string of the molecule is CCc1cc(N(C)c2ccc(-c3ccccc3-c3nnn[nH]3)cc2)n2ccnc2n1. The Morgan fingerprint density at radius 1 is 1.03 bits per heavy atom. The fourth-order valence-corrected chi connectivity index (χ4v) is 3.59. The highest BCUT2D eigenvalue weighted by Crippen LogP contribution is 2.32. The van der Waals surface area contributed by atoms with Gasteiger partial charge in [0, 0.05) is 42.5 Å². The largest absolute Gasteiger partial charge is 0.330 e. The minimum Gasteiger partial charge on any atom is -0.330 e. The van der Waals surface area contributed by atoms with Crippen molar-refractivity contribution in [3.05, 3.63) is 72.7 Å². The van der Waals surface area contributed by atoms with E-state index in [9.17, 15) is 0 Å². The third-order valence-corrected chi connectivity index (χ3v) is 5.21. The van der Waals surface area contributed by atoms with Crippen molar-refractivity contribution in [1.82, 2.24) is 35.0 Å². The average Bonchev–Trinajstić information content (AvgIpc) is 3.50. The molecule has 5 aromatic rings. The van der Waals surface area contributed by atoms with E-state index in [4.69, 9.17) is 0 Å². The zero-order valence-corrected chi connectivity index (χ0v) is 16.7. The van der Waals surface area contributed by atoms with Crippen molar-refractivity contribution in [2.75, 3.05) is 11.9 Å². The highest BCUT2D eigenvalue weighted by molar-refractivity contribution is 5.81. The number of benzene rings is 2. The van der Waals surface area contributed by atoms with Crippen LogP contribution in [0.3, 0.4) is 0 Å². The molecule has 2 aromatic carbocycles. The summed E-state index contributed by atoms with van der Waals surface area (Å²) in [5, 5.41) is 14.3. The maximum atomic E-state index is 4.58. The average molecular weight is 396 g/mol. The Kier molecular flexibility index (Phi) is 4.44. The summed E-state index contributed by atoms with van der Waals surface area (Å²) < 4.78 is 2.00. The second-order valence-corrected chi connectivity index (χ2v) is 6.96. The van der Waals surface area contributed by atoms with Crippen molar-refractivity contribution in [3.63, 3.8) is 0 Å². The van der Waals surface area contributed by atoms with Crippen LogP contribution in [0.4, 0.5) is 11.5 Å². The van der Waals surface area contributed by atoms with E-state index >= 15 is 0 Å². The monoisotopic (exact) mass is 396 g/mol. The molecular formula is C22H20N8. The molecule has 0 aliphatic rings. The first-order valence-corrected chi connectivity index (χ1v) is 9.75. The topological polar surface area (TPSA) is 87.9 Å².